The van der Waals surface area contributed by atoms with Crippen molar-refractivity contribution in [2.24, 2.45) is 0 Å². The maximum absolute atomic E-state index is 12.6. The van der Waals surface area contributed by atoms with Crippen LogP contribution in [-0.2, 0) is 6.61 Å². The highest BCUT2D eigenvalue weighted by atomic mass is 19.1. The zero-order valence-electron chi connectivity index (χ0n) is 8.82. The van der Waals surface area contributed by atoms with Gasteiger partial charge in [-0.15, -0.1) is 0 Å². The van der Waals surface area contributed by atoms with E-state index in [1.165, 1.54) is 12.1 Å². The Morgan fingerprint density at radius 1 is 0.938 bits per heavy atom. The van der Waals surface area contributed by atoms with Crippen molar-refractivity contribution < 1.29 is 9.13 Å². The molecule has 0 atom stereocenters. The van der Waals surface area contributed by atoms with Gasteiger partial charge in [0.25, 0.3) is 0 Å². The molecule has 2 aromatic carbocycles. The van der Waals surface area contributed by atoms with Crippen molar-refractivity contribution in [3.8, 4) is 5.75 Å². The van der Waals surface area contributed by atoms with Gasteiger partial charge in [-0.2, -0.15) is 0 Å². The van der Waals surface area contributed by atoms with Crippen LogP contribution in [-0.4, -0.2) is 0 Å². The van der Waals surface area contributed by atoms with Gasteiger partial charge in [-0.3, -0.25) is 0 Å². The Kier molecular flexibility index (Phi) is 3.20. The summed E-state index contributed by atoms with van der Waals surface area (Å²) >= 11 is 0. The fraction of sp³-hybridized carbons (Fsp3) is 0.0714. The minimum absolute atomic E-state index is 0.256. The Bertz CT molecular complexity index is 400. The third-order valence-electron chi connectivity index (χ3n) is 2.24. The molecule has 0 saturated heterocycles. The van der Waals surface area contributed by atoms with Crippen molar-refractivity contribution in [2.45, 2.75) is 6.61 Å². The van der Waals surface area contributed by atoms with Crippen LogP contribution in [0, 0.1) is 12.7 Å². The first-order valence-corrected chi connectivity index (χ1v) is 5.03. The van der Waals surface area contributed by atoms with E-state index in [0.29, 0.717) is 12.4 Å². The molecule has 81 valence electrons. The maximum atomic E-state index is 12.6. The zero-order valence-corrected chi connectivity index (χ0v) is 8.82. The van der Waals surface area contributed by atoms with Gasteiger partial charge < -0.3 is 4.74 Å². The first-order chi connectivity index (χ1) is 7.74. The van der Waals surface area contributed by atoms with Crippen LogP contribution in [0.25, 0.3) is 0 Å². The van der Waals surface area contributed by atoms with E-state index in [1.54, 1.807) is 12.1 Å². The number of halogens is 1. The van der Waals surface area contributed by atoms with Crippen LogP contribution in [0.2, 0.25) is 0 Å². The Labute approximate surface area is 94.5 Å². The van der Waals surface area contributed by atoms with Gasteiger partial charge >= 0.3 is 0 Å². The standard InChI is InChI=1S/C14H12FO/c1-11-2-4-12(5-3-11)10-16-14-8-6-13(15)7-9-14/h2-9H,1,10H2. The minimum atomic E-state index is -0.256. The zero-order chi connectivity index (χ0) is 11.4. The van der Waals surface area contributed by atoms with E-state index < -0.39 is 0 Å². The van der Waals surface area contributed by atoms with Crippen LogP contribution in [0.4, 0.5) is 4.39 Å². The van der Waals surface area contributed by atoms with E-state index in [0.717, 1.165) is 11.1 Å². The quantitative estimate of drug-likeness (QED) is 0.760. The molecule has 0 saturated carbocycles. The van der Waals surface area contributed by atoms with Gasteiger partial charge in [0.15, 0.2) is 0 Å². The molecule has 0 aromatic heterocycles. The molecule has 16 heavy (non-hydrogen) atoms. The van der Waals surface area contributed by atoms with Gasteiger partial charge in [0, 0.05) is 0 Å². The molecule has 2 aromatic rings. The van der Waals surface area contributed by atoms with E-state index in [2.05, 4.69) is 6.92 Å². The molecule has 0 aliphatic carbocycles. The Morgan fingerprint density at radius 2 is 1.56 bits per heavy atom. The van der Waals surface area contributed by atoms with Gasteiger partial charge in [0.1, 0.15) is 18.2 Å². The normalized spacial score (nSPS) is 10.1. The van der Waals surface area contributed by atoms with Crippen molar-refractivity contribution in [3.63, 3.8) is 0 Å². The van der Waals surface area contributed by atoms with Crippen LogP contribution >= 0.6 is 0 Å². The van der Waals surface area contributed by atoms with Crippen LogP contribution in [0.15, 0.2) is 48.5 Å². The lowest BCUT2D eigenvalue weighted by Gasteiger charge is -2.06. The lowest BCUT2D eigenvalue weighted by Crippen LogP contribution is -1.95. The number of rotatable bonds is 3. The average molecular weight is 215 g/mol. The summed E-state index contributed by atoms with van der Waals surface area (Å²) in [5.41, 5.74) is 2.04. The van der Waals surface area contributed by atoms with E-state index in [4.69, 9.17) is 4.74 Å². The highest BCUT2D eigenvalue weighted by Gasteiger charge is 1.96. The molecular formula is C14H12FO. The molecule has 0 spiro atoms. The van der Waals surface area contributed by atoms with E-state index in [-0.39, 0.29) is 5.82 Å². The molecule has 1 nitrogen and oxygen atoms in total. The largest absolute Gasteiger partial charge is 0.489 e. The monoisotopic (exact) mass is 215 g/mol. The van der Waals surface area contributed by atoms with Gasteiger partial charge in [-0.1, -0.05) is 24.3 Å². The smallest absolute Gasteiger partial charge is 0.123 e. The molecule has 0 N–H and O–H groups in total. The molecule has 0 unspecified atom stereocenters. The number of benzene rings is 2. The first-order valence-electron chi connectivity index (χ1n) is 5.03. The lowest BCUT2D eigenvalue weighted by atomic mass is 10.2. The first kappa shape index (κ1) is 10.7. The molecule has 0 heterocycles. The molecule has 0 amide bonds. The van der Waals surface area contributed by atoms with Gasteiger partial charge in [-0.05, 0) is 42.3 Å². The summed E-state index contributed by atoms with van der Waals surface area (Å²) in [6.45, 7) is 4.29. The molecule has 2 rings (SSSR count). The predicted molar refractivity (Wildman–Crippen MR) is 61.6 cm³/mol. The van der Waals surface area contributed by atoms with Crippen molar-refractivity contribution >= 4 is 0 Å². The molecule has 0 bridgehead atoms. The van der Waals surface area contributed by atoms with Crippen LogP contribution in [0.3, 0.4) is 0 Å². The fourth-order valence-corrected chi connectivity index (χ4v) is 1.33. The summed E-state index contributed by atoms with van der Waals surface area (Å²) in [5.74, 6) is 0.411. The van der Waals surface area contributed by atoms with Crippen molar-refractivity contribution in [1.82, 2.24) is 0 Å². The number of hydrogen-bond donors (Lipinski definition) is 0. The van der Waals surface area contributed by atoms with Gasteiger partial charge in [-0.25, -0.2) is 4.39 Å². The van der Waals surface area contributed by atoms with Crippen molar-refractivity contribution in [1.29, 1.82) is 0 Å². The summed E-state index contributed by atoms with van der Waals surface area (Å²) in [4.78, 5) is 0. The summed E-state index contributed by atoms with van der Waals surface area (Å²) in [5, 5.41) is 0. The van der Waals surface area contributed by atoms with Crippen molar-refractivity contribution in [2.75, 3.05) is 0 Å². The molecule has 2 heteroatoms. The Hall–Kier alpha value is -1.83. The van der Waals surface area contributed by atoms with Gasteiger partial charge in [0.05, 0.1) is 0 Å². The molecule has 1 radical (unpaired) electrons. The molecule has 0 fully saturated rings. The van der Waals surface area contributed by atoms with E-state index >= 15 is 0 Å². The van der Waals surface area contributed by atoms with Crippen LogP contribution in [0.5, 0.6) is 5.75 Å². The maximum Gasteiger partial charge on any atom is 0.123 e. The third kappa shape index (κ3) is 2.83. The fourth-order valence-electron chi connectivity index (χ4n) is 1.33. The number of hydrogen-bond acceptors (Lipinski definition) is 1. The second kappa shape index (κ2) is 4.79. The third-order valence-corrected chi connectivity index (χ3v) is 2.24. The summed E-state index contributed by atoms with van der Waals surface area (Å²) in [6, 6.07) is 13.8. The number of ether oxygens (including phenoxy) is 1. The Morgan fingerprint density at radius 3 is 2.19 bits per heavy atom. The molecule has 0 aliphatic rings. The lowest BCUT2D eigenvalue weighted by molar-refractivity contribution is 0.305. The predicted octanol–water partition coefficient (Wildman–Crippen LogP) is 3.59. The summed E-state index contributed by atoms with van der Waals surface area (Å²) < 4.78 is 18.1. The summed E-state index contributed by atoms with van der Waals surface area (Å²) in [7, 11) is 0. The average Bonchev–Trinajstić information content (AvgIpc) is 2.30. The van der Waals surface area contributed by atoms with Crippen molar-refractivity contribution in [3.05, 3.63) is 72.4 Å². The second-order valence-electron chi connectivity index (χ2n) is 3.56. The minimum Gasteiger partial charge on any atom is -0.489 e. The molecular weight excluding hydrogens is 203 g/mol. The van der Waals surface area contributed by atoms with Crippen LogP contribution < -0.4 is 4.74 Å². The van der Waals surface area contributed by atoms with Crippen LogP contribution in [0.1, 0.15) is 11.1 Å². The SMILES string of the molecule is [CH2]c1ccc(COc2ccc(F)cc2)cc1. The van der Waals surface area contributed by atoms with Gasteiger partial charge in [0.2, 0.25) is 0 Å². The Balaban J connectivity index is 1.97. The van der Waals surface area contributed by atoms with E-state index in [1.807, 2.05) is 24.3 Å². The highest BCUT2D eigenvalue weighted by Crippen LogP contribution is 2.13. The van der Waals surface area contributed by atoms with E-state index in [9.17, 15) is 4.39 Å². The highest BCUT2D eigenvalue weighted by molar-refractivity contribution is 5.25. The second-order valence-corrected chi connectivity index (χ2v) is 3.56. The molecule has 0 aliphatic heterocycles. The topological polar surface area (TPSA) is 9.23 Å². The summed E-state index contributed by atoms with van der Waals surface area (Å²) in [6.07, 6.45) is 0.